The van der Waals surface area contributed by atoms with Crippen LogP contribution in [0.3, 0.4) is 0 Å². The van der Waals surface area contributed by atoms with Crippen molar-refractivity contribution in [1.82, 2.24) is 10.6 Å². The van der Waals surface area contributed by atoms with Gasteiger partial charge in [0.2, 0.25) is 11.8 Å². The molecule has 3 amide bonds. The number of nitrogens with one attached hydrogen (secondary N) is 2. The van der Waals surface area contributed by atoms with E-state index in [1.54, 1.807) is 13.8 Å². The molecule has 1 atom stereocenters. The van der Waals surface area contributed by atoms with Crippen molar-refractivity contribution in [3.05, 3.63) is 35.9 Å². The van der Waals surface area contributed by atoms with Crippen LogP contribution in [0.2, 0.25) is 0 Å². The van der Waals surface area contributed by atoms with Gasteiger partial charge in [-0.05, 0) is 11.5 Å². The Hall–Kier alpha value is -2.57. The molecule has 22 heavy (non-hydrogen) atoms. The fourth-order valence-corrected chi connectivity index (χ4v) is 1.71. The third kappa shape index (κ3) is 6.25. The zero-order valence-corrected chi connectivity index (χ0v) is 12.7. The summed E-state index contributed by atoms with van der Waals surface area (Å²) in [6.45, 7) is 3.38. The van der Waals surface area contributed by atoms with Crippen LogP contribution in [0.1, 0.15) is 19.4 Å². The Morgan fingerprint density at radius 1 is 1.18 bits per heavy atom. The minimum absolute atomic E-state index is 0.112. The number of ether oxygens (including phenoxy) is 1. The summed E-state index contributed by atoms with van der Waals surface area (Å²) in [5.41, 5.74) is 5.81. The van der Waals surface area contributed by atoms with Crippen LogP contribution in [0.15, 0.2) is 30.3 Å². The van der Waals surface area contributed by atoms with Crippen LogP contribution in [0.5, 0.6) is 0 Å². The summed E-state index contributed by atoms with van der Waals surface area (Å²) in [4.78, 5) is 34.4. The number of nitrogens with two attached hydrogens (primary N) is 1. The lowest BCUT2D eigenvalue weighted by molar-refractivity contribution is -0.126. The Labute approximate surface area is 129 Å². The lowest BCUT2D eigenvalue weighted by atomic mass is 10.0. The minimum Gasteiger partial charge on any atom is -0.445 e. The van der Waals surface area contributed by atoms with Crippen molar-refractivity contribution < 1.29 is 19.1 Å². The molecule has 7 nitrogen and oxygen atoms in total. The summed E-state index contributed by atoms with van der Waals surface area (Å²) in [5, 5.41) is 4.84. The van der Waals surface area contributed by atoms with Crippen LogP contribution < -0.4 is 16.4 Å². The number of hydrogen-bond acceptors (Lipinski definition) is 4. The van der Waals surface area contributed by atoms with Crippen molar-refractivity contribution in [3.8, 4) is 0 Å². The second kappa shape index (κ2) is 8.66. The third-order valence-corrected chi connectivity index (χ3v) is 2.87. The highest BCUT2D eigenvalue weighted by Gasteiger charge is 2.24. The largest absolute Gasteiger partial charge is 0.445 e. The highest BCUT2D eigenvalue weighted by atomic mass is 16.5. The number of alkyl carbamates (subject to hydrolysis) is 1. The summed E-state index contributed by atoms with van der Waals surface area (Å²) in [6, 6.07) is 8.39. The number of benzene rings is 1. The first kappa shape index (κ1) is 17.5. The maximum absolute atomic E-state index is 11.9. The molecule has 7 heteroatoms. The first-order chi connectivity index (χ1) is 10.4. The first-order valence-corrected chi connectivity index (χ1v) is 6.93. The third-order valence-electron chi connectivity index (χ3n) is 2.87. The molecule has 1 unspecified atom stereocenters. The molecule has 0 saturated carbocycles. The molecule has 0 aliphatic carbocycles. The van der Waals surface area contributed by atoms with Gasteiger partial charge in [0.05, 0.1) is 6.54 Å². The van der Waals surface area contributed by atoms with E-state index >= 15 is 0 Å². The van der Waals surface area contributed by atoms with Gasteiger partial charge in [-0.3, -0.25) is 9.59 Å². The molecule has 0 bridgehead atoms. The first-order valence-electron chi connectivity index (χ1n) is 6.93. The van der Waals surface area contributed by atoms with E-state index in [1.165, 1.54) is 0 Å². The monoisotopic (exact) mass is 307 g/mol. The average Bonchev–Trinajstić information content (AvgIpc) is 2.49. The Morgan fingerprint density at radius 3 is 2.36 bits per heavy atom. The molecule has 1 aromatic carbocycles. The van der Waals surface area contributed by atoms with Gasteiger partial charge < -0.3 is 21.1 Å². The van der Waals surface area contributed by atoms with Crippen LogP contribution in [-0.4, -0.2) is 30.5 Å². The van der Waals surface area contributed by atoms with Crippen LogP contribution >= 0.6 is 0 Å². The van der Waals surface area contributed by atoms with Crippen LogP contribution in [-0.2, 0) is 20.9 Å². The van der Waals surface area contributed by atoms with E-state index in [0.717, 1.165) is 5.56 Å². The van der Waals surface area contributed by atoms with E-state index in [2.05, 4.69) is 10.6 Å². The lowest BCUT2D eigenvalue weighted by Gasteiger charge is -2.21. The van der Waals surface area contributed by atoms with Gasteiger partial charge in [-0.15, -0.1) is 0 Å². The van der Waals surface area contributed by atoms with Gasteiger partial charge in [0.25, 0.3) is 0 Å². The van der Waals surface area contributed by atoms with Gasteiger partial charge in [-0.1, -0.05) is 44.2 Å². The average molecular weight is 307 g/mol. The van der Waals surface area contributed by atoms with E-state index in [0.29, 0.717) is 0 Å². The van der Waals surface area contributed by atoms with Crippen LogP contribution in [0.4, 0.5) is 4.79 Å². The number of amides is 3. The molecule has 120 valence electrons. The Balaban J connectivity index is 2.50. The molecule has 0 spiro atoms. The molecule has 0 heterocycles. The van der Waals surface area contributed by atoms with Gasteiger partial charge in [0.15, 0.2) is 0 Å². The molecule has 4 N–H and O–H groups in total. The number of rotatable bonds is 7. The van der Waals surface area contributed by atoms with Gasteiger partial charge >= 0.3 is 6.09 Å². The van der Waals surface area contributed by atoms with Gasteiger partial charge in [0, 0.05) is 0 Å². The van der Waals surface area contributed by atoms with Crippen molar-refractivity contribution >= 4 is 17.9 Å². The molecular formula is C15H21N3O4. The summed E-state index contributed by atoms with van der Waals surface area (Å²) in [7, 11) is 0. The second-order valence-electron chi connectivity index (χ2n) is 5.11. The molecule has 0 aliphatic heterocycles. The normalized spacial score (nSPS) is 11.6. The Morgan fingerprint density at radius 2 is 1.82 bits per heavy atom. The number of hydrogen-bond donors (Lipinski definition) is 3. The molecule has 0 aromatic heterocycles. The van der Waals surface area contributed by atoms with Crippen LogP contribution in [0, 0.1) is 5.92 Å². The van der Waals surface area contributed by atoms with Crippen molar-refractivity contribution in [2.24, 2.45) is 11.7 Å². The highest BCUT2D eigenvalue weighted by Crippen LogP contribution is 2.04. The highest BCUT2D eigenvalue weighted by molar-refractivity contribution is 5.89. The predicted octanol–water partition coefficient (Wildman–Crippen LogP) is 0.539. The van der Waals surface area contributed by atoms with E-state index in [-0.39, 0.29) is 19.1 Å². The van der Waals surface area contributed by atoms with E-state index < -0.39 is 23.9 Å². The fourth-order valence-electron chi connectivity index (χ4n) is 1.71. The zero-order chi connectivity index (χ0) is 16.5. The van der Waals surface area contributed by atoms with Crippen molar-refractivity contribution in [3.63, 3.8) is 0 Å². The number of primary amides is 1. The maximum Gasteiger partial charge on any atom is 0.408 e. The Kier molecular flexibility index (Phi) is 6.88. The summed E-state index contributed by atoms with van der Waals surface area (Å²) >= 11 is 0. The molecule has 0 fully saturated rings. The van der Waals surface area contributed by atoms with Crippen molar-refractivity contribution in [1.29, 1.82) is 0 Å². The molecule has 1 rings (SSSR count). The second-order valence-corrected chi connectivity index (χ2v) is 5.11. The van der Waals surface area contributed by atoms with Gasteiger partial charge in [0.1, 0.15) is 12.6 Å². The van der Waals surface area contributed by atoms with Crippen molar-refractivity contribution in [2.75, 3.05) is 6.54 Å². The lowest BCUT2D eigenvalue weighted by Crippen LogP contribution is -2.51. The van der Waals surface area contributed by atoms with E-state index in [4.69, 9.17) is 10.5 Å². The summed E-state index contributed by atoms with van der Waals surface area (Å²) < 4.78 is 5.06. The van der Waals surface area contributed by atoms with Crippen molar-refractivity contribution in [2.45, 2.75) is 26.5 Å². The minimum atomic E-state index is -0.803. The number of carbonyl (C=O) groups excluding carboxylic acids is 3. The molecule has 0 radical (unpaired) electrons. The van der Waals surface area contributed by atoms with E-state index in [1.807, 2.05) is 30.3 Å². The number of carbonyl (C=O) groups is 3. The molecular weight excluding hydrogens is 286 g/mol. The standard InChI is InChI=1S/C15H21N3O4/c1-10(2)13(14(20)17-8-12(16)19)18-15(21)22-9-11-6-4-3-5-7-11/h3-7,10,13H,8-9H2,1-2H3,(H2,16,19)(H,17,20)(H,18,21). The van der Waals surface area contributed by atoms with Gasteiger partial charge in [-0.25, -0.2) is 4.79 Å². The SMILES string of the molecule is CC(C)C(NC(=O)OCc1ccccc1)C(=O)NCC(N)=O. The smallest absolute Gasteiger partial charge is 0.408 e. The fraction of sp³-hybridized carbons (Fsp3) is 0.400. The van der Waals surface area contributed by atoms with E-state index in [9.17, 15) is 14.4 Å². The van der Waals surface area contributed by atoms with Crippen LogP contribution in [0.25, 0.3) is 0 Å². The Bertz CT molecular complexity index is 517. The van der Waals surface area contributed by atoms with Gasteiger partial charge in [-0.2, -0.15) is 0 Å². The maximum atomic E-state index is 11.9. The summed E-state index contributed by atoms with van der Waals surface area (Å²) in [6.07, 6.45) is -0.697. The molecule has 0 saturated heterocycles. The molecule has 1 aromatic rings. The predicted molar refractivity (Wildman–Crippen MR) is 80.6 cm³/mol. The quantitative estimate of drug-likeness (QED) is 0.682. The summed E-state index contributed by atoms with van der Waals surface area (Å²) in [5.74, 6) is -1.30. The molecule has 0 aliphatic rings. The topological polar surface area (TPSA) is 111 Å². The zero-order valence-electron chi connectivity index (χ0n) is 12.7.